The predicted octanol–water partition coefficient (Wildman–Crippen LogP) is 2.33. The molecule has 5 rings (SSSR count). The van der Waals surface area contributed by atoms with E-state index < -0.39 is 16.5 Å². The topological polar surface area (TPSA) is 145 Å². The van der Waals surface area contributed by atoms with Gasteiger partial charge < -0.3 is 5.32 Å². The van der Waals surface area contributed by atoms with Gasteiger partial charge in [-0.2, -0.15) is 9.78 Å². The summed E-state index contributed by atoms with van der Waals surface area (Å²) in [7, 11) is 0. The van der Waals surface area contributed by atoms with Crippen molar-refractivity contribution in [2.75, 3.05) is 5.32 Å². The molecule has 0 saturated heterocycles. The number of aryl methyl sites for hydroxylation is 1. The van der Waals surface area contributed by atoms with Crippen molar-refractivity contribution in [2.24, 2.45) is 0 Å². The summed E-state index contributed by atoms with van der Waals surface area (Å²) in [6.07, 6.45) is 0. The molecular weight excluding hydrogens is 388 g/mol. The Labute approximate surface area is 168 Å². The lowest BCUT2D eigenvalue weighted by molar-refractivity contribution is -0.384. The molecule has 148 valence electrons. The molecule has 0 saturated carbocycles. The third-order valence-electron chi connectivity index (χ3n) is 4.99. The Morgan fingerprint density at radius 2 is 1.97 bits per heavy atom. The maximum Gasteiger partial charge on any atom is 0.288 e. The number of anilines is 2. The zero-order chi connectivity index (χ0) is 20.8. The van der Waals surface area contributed by atoms with Gasteiger partial charge in [0.05, 0.1) is 10.6 Å². The molecule has 1 aliphatic rings. The molecule has 1 unspecified atom stereocenters. The van der Waals surface area contributed by atoms with Crippen molar-refractivity contribution in [1.82, 2.24) is 30.4 Å². The minimum absolute atomic E-state index is 0.0723. The number of H-pyrrole nitrogens is 1. The van der Waals surface area contributed by atoms with Gasteiger partial charge in [-0.05, 0) is 22.9 Å². The van der Waals surface area contributed by atoms with Gasteiger partial charge in [0.15, 0.2) is 0 Å². The number of hydrogen-bond acceptors (Lipinski definition) is 8. The number of tetrazole rings is 1. The second-order valence-electron chi connectivity index (χ2n) is 6.88. The van der Waals surface area contributed by atoms with E-state index in [1.54, 1.807) is 12.1 Å². The minimum atomic E-state index is -0.683. The molecule has 11 heteroatoms. The number of rotatable bonds is 3. The first-order valence-electron chi connectivity index (χ1n) is 9.02. The van der Waals surface area contributed by atoms with Crippen molar-refractivity contribution < 1.29 is 4.92 Å². The second-order valence-corrected chi connectivity index (χ2v) is 6.88. The molecule has 2 aromatic carbocycles. The number of aromatic amines is 1. The Bertz CT molecular complexity index is 1340. The highest BCUT2D eigenvalue weighted by Gasteiger charge is 2.34. The van der Waals surface area contributed by atoms with E-state index in [9.17, 15) is 14.9 Å². The van der Waals surface area contributed by atoms with E-state index in [2.05, 4.69) is 31.0 Å². The predicted molar refractivity (Wildman–Crippen MR) is 106 cm³/mol. The van der Waals surface area contributed by atoms with Gasteiger partial charge in [0.25, 0.3) is 11.2 Å². The van der Waals surface area contributed by atoms with Crippen molar-refractivity contribution in [3.63, 3.8) is 0 Å². The normalized spacial score (nSPS) is 14.5. The fourth-order valence-electron chi connectivity index (χ4n) is 3.59. The van der Waals surface area contributed by atoms with Gasteiger partial charge in [-0.25, -0.2) is 5.10 Å². The van der Waals surface area contributed by atoms with Gasteiger partial charge in [0.1, 0.15) is 11.7 Å². The molecule has 0 bridgehead atoms. The summed E-state index contributed by atoms with van der Waals surface area (Å²) in [4.78, 5) is 23.5. The highest BCUT2D eigenvalue weighted by atomic mass is 16.6. The molecule has 0 amide bonds. The molecule has 11 nitrogen and oxygen atoms in total. The van der Waals surface area contributed by atoms with Crippen LogP contribution >= 0.6 is 0 Å². The largest absolute Gasteiger partial charge is 0.318 e. The summed E-state index contributed by atoms with van der Waals surface area (Å²) in [6.45, 7) is 1.97. The fraction of sp³-hybridized carbons (Fsp3) is 0.105. The molecule has 0 fully saturated rings. The molecule has 4 aromatic rings. The van der Waals surface area contributed by atoms with Gasteiger partial charge in [-0.1, -0.05) is 47.1 Å². The molecule has 2 aromatic heterocycles. The van der Waals surface area contributed by atoms with Crippen molar-refractivity contribution in [1.29, 1.82) is 0 Å². The zero-order valence-corrected chi connectivity index (χ0v) is 15.6. The summed E-state index contributed by atoms with van der Waals surface area (Å²) in [5.74, 6) is 0.255. The number of aromatic nitrogens is 6. The highest BCUT2D eigenvalue weighted by Crippen LogP contribution is 2.41. The number of fused-ring (bicyclic) bond motifs is 2. The van der Waals surface area contributed by atoms with Crippen molar-refractivity contribution in [3.8, 4) is 11.3 Å². The van der Waals surface area contributed by atoms with Crippen LogP contribution in [0.4, 0.5) is 17.3 Å². The van der Waals surface area contributed by atoms with Crippen LogP contribution < -0.4 is 10.9 Å². The molecule has 0 radical (unpaired) electrons. The Hall–Kier alpha value is -4.41. The summed E-state index contributed by atoms with van der Waals surface area (Å²) in [5.41, 5.74) is 3.20. The first kappa shape index (κ1) is 17.7. The van der Waals surface area contributed by atoms with Gasteiger partial charge in [0, 0.05) is 23.3 Å². The first-order chi connectivity index (χ1) is 14.5. The molecule has 3 heterocycles. The molecule has 0 spiro atoms. The molecule has 30 heavy (non-hydrogen) atoms. The van der Waals surface area contributed by atoms with Crippen LogP contribution in [0, 0.1) is 17.0 Å². The Morgan fingerprint density at radius 1 is 1.17 bits per heavy atom. The van der Waals surface area contributed by atoms with E-state index in [4.69, 9.17) is 0 Å². The van der Waals surface area contributed by atoms with Crippen LogP contribution in [0.25, 0.3) is 11.3 Å². The lowest BCUT2D eigenvalue weighted by atomic mass is 9.92. The fourth-order valence-corrected chi connectivity index (χ4v) is 3.59. The first-order valence-corrected chi connectivity index (χ1v) is 9.02. The van der Waals surface area contributed by atoms with Crippen molar-refractivity contribution in [3.05, 3.63) is 85.7 Å². The zero-order valence-electron chi connectivity index (χ0n) is 15.6. The number of benzene rings is 2. The third kappa shape index (κ3) is 2.71. The Kier molecular flexibility index (Phi) is 3.88. The van der Waals surface area contributed by atoms with Crippen LogP contribution in [-0.2, 0) is 0 Å². The van der Waals surface area contributed by atoms with Gasteiger partial charge in [0.2, 0.25) is 5.95 Å². The quantitative estimate of drug-likeness (QED) is 0.345. The summed E-state index contributed by atoms with van der Waals surface area (Å²) in [6, 6.07) is 13.2. The maximum absolute atomic E-state index is 12.6. The van der Waals surface area contributed by atoms with Crippen LogP contribution in [0.1, 0.15) is 22.7 Å². The Morgan fingerprint density at radius 3 is 2.73 bits per heavy atom. The number of nitro groups is 1. The number of nitrogens with one attached hydrogen (secondary N) is 2. The van der Waals surface area contributed by atoms with E-state index in [1.807, 2.05) is 31.2 Å². The monoisotopic (exact) mass is 402 g/mol. The summed E-state index contributed by atoms with van der Waals surface area (Å²) in [5, 5.41) is 32.8. The highest BCUT2D eigenvalue weighted by molar-refractivity contribution is 5.75. The van der Waals surface area contributed by atoms with Crippen LogP contribution in [0.5, 0.6) is 0 Å². The maximum atomic E-state index is 12.6. The molecule has 0 aliphatic carbocycles. The van der Waals surface area contributed by atoms with Gasteiger partial charge in [-0.3, -0.25) is 14.9 Å². The number of hydrogen-bond donors (Lipinski definition) is 2. The smallest absolute Gasteiger partial charge is 0.288 e. The second kappa shape index (κ2) is 6.58. The molecule has 1 aliphatic heterocycles. The van der Waals surface area contributed by atoms with E-state index in [0.29, 0.717) is 16.8 Å². The Balaban J connectivity index is 1.81. The van der Waals surface area contributed by atoms with Crippen LogP contribution in [0.3, 0.4) is 0 Å². The average molecular weight is 402 g/mol. The third-order valence-corrected chi connectivity index (χ3v) is 4.99. The van der Waals surface area contributed by atoms with Crippen LogP contribution in [-0.4, -0.2) is 35.3 Å². The molecule has 1 atom stereocenters. The van der Waals surface area contributed by atoms with Crippen molar-refractivity contribution >= 4 is 17.3 Å². The number of nitro benzene ring substituents is 1. The number of non-ortho nitro benzene ring substituents is 1. The van der Waals surface area contributed by atoms with Crippen LogP contribution in [0.2, 0.25) is 0 Å². The minimum Gasteiger partial charge on any atom is -0.318 e. The lowest BCUT2D eigenvalue weighted by Crippen LogP contribution is -2.29. The summed E-state index contributed by atoms with van der Waals surface area (Å²) >= 11 is 0. The van der Waals surface area contributed by atoms with E-state index in [-0.39, 0.29) is 17.3 Å². The average Bonchev–Trinajstić information content (AvgIpc) is 3.22. The van der Waals surface area contributed by atoms with Gasteiger partial charge >= 0.3 is 0 Å². The lowest BCUT2D eigenvalue weighted by Gasteiger charge is -2.27. The number of nitrogens with zero attached hydrogens (tertiary/aromatic N) is 6. The van der Waals surface area contributed by atoms with E-state index >= 15 is 0 Å². The molecular formula is C19H14N8O3. The summed E-state index contributed by atoms with van der Waals surface area (Å²) < 4.78 is 1.49. The van der Waals surface area contributed by atoms with Crippen LogP contribution in [0.15, 0.2) is 53.3 Å². The molecule has 2 N–H and O–H groups in total. The van der Waals surface area contributed by atoms with Crippen molar-refractivity contribution in [2.45, 2.75) is 13.0 Å². The van der Waals surface area contributed by atoms with Gasteiger partial charge in [-0.15, -0.1) is 0 Å². The SMILES string of the molecule is Cc1ccc(-c2n[nH]c(=O)c3c2C(c2cccc([N+](=O)[O-])c2)n2nnnc2N3)cc1. The standard InChI is InChI=1S/C19H14N8O3/c1-10-5-7-11(8-6-10)15-14-16(18(28)22-21-15)20-19-23-24-25-26(19)17(14)12-3-2-4-13(9-12)27(29)30/h2-9,17H,1H3,(H,22,28)(H,20,23,25). The van der Waals surface area contributed by atoms with E-state index in [0.717, 1.165) is 11.1 Å². The van der Waals surface area contributed by atoms with E-state index in [1.165, 1.54) is 16.8 Å².